The van der Waals surface area contributed by atoms with Crippen molar-refractivity contribution < 1.29 is 24.5 Å². The maximum Gasteiger partial charge on any atom is 0.219 e. The van der Waals surface area contributed by atoms with E-state index in [9.17, 15) is 15.0 Å². The normalized spacial score (nSPS) is 22.4. The highest BCUT2D eigenvalue weighted by Crippen LogP contribution is 2.29. The molecule has 2 heterocycles. The Bertz CT molecular complexity index is 1070. The predicted molar refractivity (Wildman–Crippen MR) is 144 cm³/mol. The number of amides is 1. The average Bonchev–Trinajstić information content (AvgIpc) is 3.04. The van der Waals surface area contributed by atoms with Crippen LogP contribution >= 0.6 is 0 Å². The molecule has 202 valence electrons. The summed E-state index contributed by atoms with van der Waals surface area (Å²) < 4.78 is 11.3. The predicted octanol–water partition coefficient (Wildman–Crippen LogP) is 2.62. The molecule has 4 rings (SSSR count). The van der Waals surface area contributed by atoms with Gasteiger partial charge in [0.1, 0.15) is 23.7 Å². The average molecular weight is 512 g/mol. The van der Waals surface area contributed by atoms with Gasteiger partial charge in [-0.25, -0.2) is 0 Å². The fraction of sp³-hybridized carbons (Fsp3) is 0.552. The van der Waals surface area contributed by atoms with E-state index in [1.807, 2.05) is 56.3 Å². The topological polar surface area (TPSA) is 85.7 Å². The van der Waals surface area contributed by atoms with Gasteiger partial charge < -0.3 is 29.5 Å². The molecular formula is C29H41N3O5. The van der Waals surface area contributed by atoms with Gasteiger partial charge in [0.25, 0.3) is 0 Å². The lowest BCUT2D eigenvalue weighted by molar-refractivity contribution is -0.132. The highest BCUT2D eigenvalue weighted by molar-refractivity contribution is 5.73. The molecule has 1 amide bonds. The third-order valence-corrected chi connectivity index (χ3v) is 7.77. The molecule has 1 unspecified atom stereocenters. The van der Waals surface area contributed by atoms with E-state index in [0.29, 0.717) is 44.8 Å². The molecule has 8 heteroatoms. The van der Waals surface area contributed by atoms with Gasteiger partial charge >= 0.3 is 0 Å². The van der Waals surface area contributed by atoms with Crippen LogP contribution in [-0.4, -0.2) is 96.7 Å². The zero-order valence-corrected chi connectivity index (χ0v) is 22.6. The first-order valence-corrected chi connectivity index (χ1v) is 13.1. The molecule has 8 nitrogen and oxygen atoms in total. The van der Waals surface area contributed by atoms with Gasteiger partial charge in [0.2, 0.25) is 5.91 Å². The van der Waals surface area contributed by atoms with Crippen LogP contribution < -0.4 is 14.4 Å². The third kappa shape index (κ3) is 6.94. The molecule has 2 aromatic rings. The highest BCUT2D eigenvalue weighted by Gasteiger charge is 2.41. The van der Waals surface area contributed by atoms with Crippen molar-refractivity contribution in [2.45, 2.75) is 44.8 Å². The van der Waals surface area contributed by atoms with Crippen LogP contribution in [0, 0.1) is 13.8 Å². The fourth-order valence-corrected chi connectivity index (χ4v) is 5.31. The molecule has 2 aromatic carbocycles. The quantitative estimate of drug-likeness (QED) is 0.591. The van der Waals surface area contributed by atoms with Crippen molar-refractivity contribution >= 4 is 11.6 Å². The monoisotopic (exact) mass is 511 g/mol. The van der Waals surface area contributed by atoms with Crippen LogP contribution in [0.1, 0.15) is 30.9 Å². The maximum atomic E-state index is 12.3. The number of rotatable bonds is 7. The number of β-amino-alcohol motifs (C(OH)–C–C–N with tert-alkyl or cyclic N) is 2. The SMILES string of the molecule is COc1ccc(N2CCC(O)(CN3CCN(C(C)=O)CC(O)(COc4ccc(C)c(C)c4)C3)CC2)cc1. The van der Waals surface area contributed by atoms with E-state index in [0.717, 1.165) is 30.1 Å². The Morgan fingerprint density at radius 2 is 1.57 bits per heavy atom. The number of benzene rings is 2. The van der Waals surface area contributed by atoms with E-state index in [1.165, 1.54) is 12.5 Å². The van der Waals surface area contributed by atoms with Crippen LogP contribution in [0.25, 0.3) is 0 Å². The van der Waals surface area contributed by atoms with Crippen LogP contribution in [0.15, 0.2) is 42.5 Å². The number of hydrogen-bond acceptors (Lipinski definition) is 7. The largest absolute Gasteiger partial charge is 0.497 e. The molecular weight excluding hydrogens is 470 g/mol. The maximum absolute atomic E-state index is 12.3. The molecule has 0 radical (unpaired) electrons. The lowest BCUT2D eigenvalue weighted by atomic mass is 9.90. The number of piperidine rings is 1. The van der Waals surface area contributed by atoms with Crippen molar-refractivity contribution in [3.63, 3.8) is 0 Å². The number of aliphatic hydroxyl groups is 2. The molecule has 0 saturated carbocycles. The van der Waals surface area contributed by atoms with Crippen LogP contribution in [0.3, 0.4) is 0 Å². The number of carbonyl (C=O) groups excluding carboxylic acids is 1. The zero-order valence-electron chi connectivity index (χ0n) is 22.6. The van der Waals surface area contributed by atoms with Gasteiger partial charge in [0.05, 0.1) is 19.3 Å². The first-order valence-electron chi connectivity index (χ1n) is 13.1. The number of carbonyl (C=O) groups is 1. The lowest BCUT2D eigenvalue weighted by Gasteiger charge is -2.42. The zero-order chi connectivity index (χ0) is 26.6. The Morgan fingerprint density at radius 3 is 2.19 bits per heavy atom. The number of ether oxygens (including phenoxy) is 2. The van der Waals surface area contributed by atoms with E-state index in [-0.39, 0.29) is 19.1 Å². The van der Waals surface area contributed by atoms with Gasteiger partial charge in [-0.3, -0.25) is 9.69 Å². The number of anilines is 1. The van der Waals surface area contributed by atoms with Crippen LogP contribution in [0.5, 0.6) is 11.5 Å². The molecule has 1 atom stereocenters. The molecule has 0 bridgehead atoms. The fourth-order valence-electron chi connectivity index (χ4n) is 5.31. The third-order valence-electron chi connectivity index (χ3n) is 7.77. The Morgan fingerprint density at radius 1 is 0.892 bits per heavy atom. The van der Waals surface area contributed by atoms with Crippen LogP contribution in [0.4, 0.5) is 5.69 Å². The second kappa shape index (κ2) is 11.3. The highest BCUT2D eigenvalue weighted by atomic mass is 16.5. The van der Waals surface area contributed by atoms with E-state index in [4.69, 9.17) is 9.47 Å². The van der Waals surface area contributed by atoms with E-state index in [1.54, 1.807) is 12.0 Å². The van der Waals surface area contributed by atoms with Gasteiger partial charge in [-0.15, -0.1) is 0 Å². The van der Waals surface area contributed by atoms with Crippen molar-refractivity contribution in [2.75, 3.05) is 64.4 Å². The van der Waals surface area contributed by atoms with Crippen molar-refractivity contribution in [3.05, 3.63) is 53.6 Å². The number of methoxy groups -OCH3 is 1. The first kappa shape index (κ1) is 27.2. The summed E-state index contributed by atoms with van der Waals surface area (Å²) in [7, 11) is 1.66. The minimum atomic E-state index is -1.25. The summed E-state index contributed by atoms with van der Waals surface area (Å²) in [6.45, 7) is 9.25. The Kier molecular flexibility index (Phi) is 8.31. The molecule has 2 aliphatic heterocycles. The van der Waals surface area contributed by atoms with Crippen LogP contribution in [-0.2, 0) is 4.79 Å². The summed E-state index contributed by atoms with van der Waals surface area (Å²) in [6.07, 6.45) is 1.26. The first-order chi connectivity index (χ1) is 17.6. The second-order valence-corrected chi connectivity index (χ2v) is 10.8. The van der Waals surface area contributed by atoms with Crippen molar-refractivity contribution in [1.82, 2.24) is 9.80 Å². The molecule has 2 N–H and O–H groups in total. The summed E-state index contributed by atoms with van der Waals surface area (Å²) in [6, 6.07) is 13.9. The van der Waals surface area contributed by atoms with E-state index >= 15 is 0 Å². The standard InChI is InChI=1S/C29H41N3O5/c1-22-5-8-27(17-23(22)2)37-21-29(35)19-30(15-16-32(20-29)24(3)33)18-28(34)11-13-31(14-12-28)25-6-9-26(36-4)10-7-25/h5-10,17,34-35H,11-16,18-21H2,1-4H3. The minimum Gasteiger partial charge on any atom is -0.497 e. The smallest absolute Gasteiger partial charge is 0.219 e. The second-order valence-electron chi connectivity index (χ2n) is 10.8. The molecule has 2 aliphatic rings. The van der Waals surface area contributed by atoms with Gasteiger partial charge in [0, 0.05) is 51.9 Å². The van der Waals surface area contributed by atoms with Crippen molar-refractivity contribution in [3.8, 4) is 11.5 Å². The van der Waals surface area contributed by atoms with Gasteiger partial charge in [0.15, 0.2) is 0 Å². The Balaban J connectivity index is 1.40. The molecule has 37 heavy (non-hydrogen) atoms. The summed E-state index contributed by atoms with van der Waals surface area (Å²) >= 11 is 0. The lowest BCUT2D eigenvalue weighted by Crippen LogP contribution is -2.55. The molecule has 2 saturated heterocycles. The van der Waals surface area contributed by atoms with Gasteiger partial charge in [-0.2, -0.15) is 0 Å². The van der Waals surface area contributed by atoms with E-state index < -0.39 is 11.2 Å². The number of nitrogens with zero attached hydrogens (tertiary/aromatic N) is 3. The van der Waals surface area contributed by atoms with E-state index in [2.05, 4.69) is 9.80 Å². The number of hydrogen-bond donors (Lipinski definition) is 2. The Labute approximate surface area is 220 Å². The molecule has 0 spiro atoms. The molecule has 0 aromatic heterocycles. The van der Waals surface area contributed by atoms with Gasteiger partial charge in [-0.05, 0) is 74.2 Å². The molecule has 2 fully saturated rings. The van der Waals surface area contributed by atoms with Crippen molar-refractivity contribution in [1.29, 1.82) is 0 Å². The summed E-state index contributed by atoms with van der Waals surface area (Å²) in [5.41, 5.74) is 1.32. The Hall–Kier alpha value is -2.81. The van der Waals surface area contributed by atoms with Crippen LogP contribution in [0.2, 0.25) is 0 Å². The number of aryl methyl sites for hydroxylation is 2. The molecule has 0 aliphatic carbocycles. The summed E-state index contributed by atoms with van der Waals surface area (Å²) in [4.78, 5) is 18.3. The van der Waals surface area contributed by atoms with Gasteiger partial charge in [-0.1, -0.05) is 6.07 Å². The summed E-state index contributed by atoms with van der Waals surface area (Å²) in [5.74, 6) is 1.45. The minimum absolute atomic E-state index is 0.0689. The summed E-state index contributed by atoms with van der Waals surface area (Å²) in [5, 5.41) is 23.1. The van der Waals surface area contributed by atoms with Crippen molar-refractivity contribution in [2.24, 2.45) is 0 Å².